The van der Waals surface area contributed by atoms with Gasteiger partial charge in [-0.2, -0.15) is 0 Å². The number of ether oxygens (including phenoxy) is 1. The van der Waals surface area contributed by atoms with Gasteiger partial charge in [-0.3, -0.25) is 0 Å². The van der Waals surface area contributed by atoms with Crippen LogP contribution in [0.5, 0.6) is 0 Å². The molecular formula is C11H14O2. The third-order valence-electron chi connectivity index (χ3n) is 1.74. The zero-order chi connectivity index (χ0) is 9.52. The first kappa shape index (κ1) is 9.78. The van der Waals surface area contributed by atoms with Crippen LogP contribution in [0.3, 0.4) is 0 Å². The van der Waals surface area contributed by atoms with Crippen LogP contribution in [0.1, 0.15) is 30.1 Å². The molecule has 0 unspecified atom stereocenters. The molecule has 0 N–H and O–H groups in total. The molecule has 0 bridgehead atoms. The first-order valence-electron chi connectivity index (χ1n) is 4.56. The maximum absolute atomic E-state index is 11.3. The van der Waals surface area contributed by atoms with Crippen molar-refractivity contribution in [2.24, 2.45) is 0 Å². The fourth-order valence-electron chi connectivity index (χ4n) is 0.967. The smallest absolute Gasteiger partial charge is 0.338 e. The van der Waals surface area contributed by atoms with Crippen molar-refractivity contribution in [3.63, 3.8) is 0 Å². The van der Waals surface area contributed by atoms with Gasteiger partial charge in [0.1, 0.15) is 0 Å². The van der Waals surface area contributed by atoms with Crippen LogP contribution in [0, 0.1) is 0 Å². The van der Waals surface area contributed by atoms with E-state index in [-0.39, 0.29) is 5.97 Å². The van der Waals surface area contributed by atoms with Crippen molar-refractivity contribution in [3.8, 4) is 0 Å². The van der Waals surface area contributed by atoms with Gasteiger partial charge in [-0.15, -0.1) is 0 Å². The Morgan fingerprint density at radius 3 is 2.62 bits per heavy atom. The Morgan fingerprint density at radius 1 is 1.31 bits per heavy atom. The van der Waals surface area contributed by atoms with Crippen LogP contribution < -0.4 is 0 Å². The molecular weight excluding hydrogens is 163 g/mol. The van der Waals surface area contributed by atoms with Gasteiger partial charge in [0.2, 0.25) is 0 Å². The maximum Gasteiger partial charge on any atom is 0.338 e. The average Bonchev–Trinajstić information content (AvgIpc) is 2.19. The topological polar surface area (TPSA) is 26.3 Å². The minimum Gasteiger partial charge on any atom is -0.462 e. The Balaban J connectivity index is 2.40. The van der Waals surface area contributed by atoms with Gasteiger partial charge >= 0.3 is 5.97 Å². The Bertz CT molecular complexity index is 254. The molecule has 0 aliphatic rings. The van der Waals surface area contributed by atoms with E-state index in [9.17, 15) is 4.79 Å². The first-order valence-corrected chi connectivity index (χ1v) is 4.56. The van der Waals surface area contributed by atoms with Crippen LogP contribution >= 0.6 is 0 Å². The predicted molar refractivity (Wildman–Crippen MR) is 51.6 cm³/mol. The SMILES string of the molecule is CCC[11CH2]OC(=O)c1ccccc1. The number of esters is 1. The maximum atomic E-state index is 11.3. The lowest BCUT2D eigenvalue weighted by atomic mass is 10.0. The quantitative estimate of drug-likeness (QED) is 0.522. The number of hydrogen-bond donors (Lipinski definition) is 0. The van der Waals surface area contributed by atoms with Crippen molar-refractivity contribution in [1.29, 1.82) is 0 Å². The summed E-state index contributed by atoms with van der Waals surface area (Å²) in [4.78, 5) is 11.3. The predicted octanol–water partition coefficient (Wildman–Crippen LogP) is 2.64. The van der Waals surface area contributed by atoms with Gasteiger partial charge in [0, 0.05) is 0 Å². The normalized spacial score (nSPS) is 9.62. The van der Waals surface area contributed by atoms with Crippen molar-refractivity contribution in [1.82, 2.24) is 0 Å². The van der Waals surface area contributed by atoms with Gasteiger partial charge in [-0.1, -0.05) is 31.5 Å². The molecule has 0 radical (unpaired) electrons. The number of unbranched alkanes of at least 4 members (excludes halogenated alkanes) is 1. The minimum absolute atomic E-state index is 0.228. The van der Waals surface area contributed by atoms with Crippen LogP contribution in [0.15, 0.2) is 30.3 Å². The molecule has 0 aromatic heterocycles. The summed E-state index contributed by atoms with van der Waals surface area (Å²) in [6.45, 7) is 2.58. The zero-order valence-corrected chi connectivity index (χ0v) is 7.82. The van der Waals surface area contributed by atoms with Crippen LogP contribution in [-0.2, 0) is 4.74 Å². The third-order valence-corrected chi connectivity index (χ3v) is 1.74. The van der Waals surface area contributed by atoms with Crippen molar-refractivity contribution >= 4 is 5.97 Å². The summed E-state index contributed by atoms with van der Waals surface area (Å²) in [7, 11) is 0. The van der Waals surface area contributed by atoms with Gasteiger partial charge in [0.05, 0.1) is 12.2 Å². The summed E-state index contributed by atoms with van der Waals surface area (Å²) in [5.41, 5.74) is 0.624. The van der Waals surface area contributed by atoms with Crippen molar-refractivity contribution in [3.05, 3.63) is 35.9 Å². The Morgan fingerprint density at radius 2 is 2.00 bits per heavy atom. The second-order valence-electron chi connectivity index (χ2n) is 2.86. The van der Waals surface area contributed by atoms with Crippen LogP contribution in [0.2, 0.25) is 0 Å². The van der Waals surface area contributed by atoms with E-state index in [4.69, 9.17) is 4.74 Å². The summed E-state index contributed by atoms with van der Waals surface area (Å²) in [5.74, 6) is -0.228. The van der Waals surface area contributed by atoms with Gasteiger partial charge in [0.25, 0.3) is 0 Å². The van der Waals surface area contributed by atoms with E-state index < -0.39 is 0 Å². The van der Waals surface area contributed by atoms with Crippen molar-refractivity contribution < 1.29 is 9.53 Å². The molecule has 0 fully saturated rings. The standard InChI is InChI=1S/C11H14O2/c1-2-3-9-13-11(12)10-7-5-4-6-8-10/h4-8H,2-3,9H2,1H3/i9-1. The number of benzene rings is 1. The molecule has 0 amide bonds. The number of carbonyl (C=O) groups is 1. The Labute approximate surface area is 78.5 Å². The zero-order valence-electron chi connectivity index (χ0n) is 7.82. The lowest BCUT2D eigenvalue weighted by molar-refractivity contribution is 0.0500. The van der Waals surface area contributed by atoms with E-state index in [0.717, 1.165) is 12.8 Å². The molecule has 2 nitrogen and oxygen atoms in total. The Kier molecular flexibility index (Phi) is 4.03. The van der Waals surface area contributed by atoms with Crippen LogP contribution in [0.4, 0.5) is 0 Å². The third kappa shape index (κ3) is 3.28. The molecule has 0 saturated heterocycles. The van der Waals surface area contributed by atoms with Gasteiger partial charge in [0.15, 0.2) is 0 Å². The molecule has 1 aromatic carbocycles. The molecule has 0 aliphatic heterocycles. The number of rotatable bonds is 4. The largest absolute Gasteiger partial charge is 0.462 e. The fourth-order valence-corrected chi connectivity index (χ4v) is 0.967. The summed E-state index contributed by atoms with van der Waals surface area (Å²) in [5, 5.41) is 0. The van der Waals surface area contributed by atoms with Gasteiger partial charge < -0.3 is 4.74 Å². The lowest BCUT2D eigenvalue weighted by Crippen LogP contribution is -2.05. The molecule has 0 saturated carbocycles. The van der Waals surface area contributed by atoms with E-state index in [1.807, 2.05) is 18.2 Å². The van der Waals surface area contributed by atoms with Crippen molar-refractivity contribution in [2.45, 2.75) is 19.8 Å². The second kappa shape index (κ2) is 5.36. The van der Waals surface area contributed by atoms with Gasteiger partial charge in [-0.05, 0) is 18.6 Å². The highest BCUT2D eigenvalue weighted by Gasteiger charge is 2.03. The molecule has 2 heteroatoms. The van der Waals surface area contributed by atoms with E-state index in [1.165, 1.54) is 0 Å². The lowest BCUT2D eigenvalue weighted by Gasteiger charge is -2.02. The Hall–Kier alpha value is -1.31. The minimum atomic E-state index is -0.228. The van der Waals surface area contributed by atoms with Gasteiger partial charge in [-0.25, -0.2) is 4.79 Å². The van der Waals surface area contributed by atoms with Crippen LogP contribution in [-0.4, -0.2) is 12.6 Å². The molecule has 1 aromatic rings. The average molecular weight is 177 g/mol. The number of carbonyl (C=O) groups excluding carboxylic acids is 1. The first-order chi connectivity index (χ1) is 6.34. The highest BCUT2D eigenvalue weighted by molar-refractivity contribution is 5.89. The van der Waals surface area contributed by atoms with E-state index in [0.29, 0.717) is 12.2 Å². The molecule has 13 heavy (non-hydrogen) atoms. The fraction of sp³-hybridized carbons (Fsp3) is 0.364. The molecule has 0 spiro atoms. The highest BCUT2D eigenvalue weighted by Crippen LogP contribution is 2.01. The molecule has 0 heterocycles. The molecule has 70 valence electrons. The van der Waals surface area contributed by atoms with E-state index in [2.05, 4.69) is 6.92 Å². The summed E-state index contributed by atoms with van der Waals surface area (Å²) in [6.07, 6.45) is 1.97. The number of hydrogen-bond acceptors (Lipinski definition) is 2. The summed E-state index contributed by atoms with van der Waals surface area (Å²) in [6, 6.07) is 9.05. The van der Waals surface area contributed by atoms with E-state index in [1.54, 1.807) is 12.1 Å². The summed E-state index contributed by atoms with van der Waals surface area (Å²) >= 11 is 0. The molecule has 1 rings (SSSR count). The monoisotopic (exact) mass is 177 g/mol. The second-order valence-corrected chi connectivity index (χ2v) is 2.86. The molecule has 0 aliphatic carbocycles. The van der Waals surface area contributed by atoms with Crippen LogP contribution in [0.25, 0.3) is 0 Å². The summed E-state index contributed by atoms with van der Waals surface area (Å²) < 4.78 is 5.03. The highest BCUT2D eigenvalue weighted by atomic mass is 16.5. The molecule has 0 atom stereocenters. The van der Waals surface area contributed by atoms with E-state index >= 15 is 0 Å². The van der Waals surface area contributed by atoms with Crippen molar-refractivity contribution in [2.75, 3.05) is 6.61 Å².